The predicted octanol–water partition coefficient (Wildman–Crippen LogP) is 3.77. The van der Waals surface area contributed by atoms with E-state index in [0.717, 1.165) is 19.3 Å². The third-order valence-corrected chi connectivity index (χ3v) is 7.40. The highest BCUT2D eigenvalue weighted by molar-refractivity contribution is 5.66. The predicted molar refractivity (Wildman–Crippen MR) is 101 cm³/mol. The maximum atomic E-state index is 11.7. The van der Waals surface area contributed by atoms with Crippen molar-refractivity contribution < 1.29 is 19.7 Å². The first-order valence-electron chi connectivity index (χ1n) is 10.0. The quantitative estimate of drug-likeness (QED) is 0.592. The number of ether oxygens (including phenoxy) is 1. The van der Waals surface area contributed by atoms with Crippen molar-refractivity contribution in [1.82, 2.24) is 0 Å². The van der Waals surface area contributed by atoms with Crippen LogP contribution in [0.4, 0.5) is 0 Å². The Bertz CT molecular complexity index is 647. The molecule has 3 rings (SSSR count). The number of fused-ring (bicyclic) bond motifs is 3. The number of esters is 1. The Balaban J connectivity index is 2.11. The first-order chi connectivity index (χ1) is 12.1. The number of aliphatic hydroxyl groups excluding tert-OH is 2. The second-order valence-corrected chi connectivity index (χ2v) is 9.39. The van der Waals surface area contributed by atoms with E-state index in [1.165, 1.54) is 24.5 Å². The van der Waals surface area contributed by atoms with Gasteiger partial charge in [0.05, 0.1) is 12.7 Å². The second kappa shape index (κ2) is 6.79. The van der Waals surface area contributed by atoms with Crippen molar-refractivity contribution in [2.45, 2.75) is 78.9 Å². The first-order valence-corrected chi connectivity index (χ1v) is 10.0. The van der Waals surface area contributed by atoms with Crippen molar-refractivity contribution >= 4 is 5.97 Å². The molecule has 5 atom stereocenters. The van der Waals surface area contributed by atoms with Crippen LogP contribution in [0.1, 0.15) is 66.7 Å². The molecule has 0 bridgehead atoms. The topological polar surface area (TPSA) is 66.8 Å². The van der Waals surface area contributed by atoms with Crippen LogP contribution in [0.5, 0.6) is 0 Å². The van der Waals surface area contributed by atoms with E-state index in [2.05, 4.69) is 27.7 Å². The molecule has 0 heterocycles. The number of hydrogen-bond donors (Lipinski definition) is 2. The van der Waals surface area contributed by atoms with E-state index in [1.54, 1.807) is 6.08 Å². The van der Waals surface area contributed by atoms with Crippen LogP contribution in [-0.4, -0.2) is 35.0 Å². The number of hydrogen-bond acceptors (Lipinski definition) is 4. The van der Waals surface area contributed by atoms with Crippen LogP contribution in [0.3, 0.4) is 0 Å². The van der Waals surface area contributed by atoms with Gasteiger partial charge >= 0.3 is 5.97 Å². The summed E-state index contributed by atoms with van der Waals surface area (Å²) in [5.74, 6) is 0.323. The summed E-state index contributed by atoms with van der Waals surface area (Å²) in [7, 11) is 0. The van der Waals surface area contributed by atoms with Crippen LogP contribution >= 0.6 is 0 Å². The van der Waals surface area contributed by atoms with Crippen LogP contribution in [0.2, 0.25) is 0 Å². The zero-order valence-corrected chi connectivity index (χ0v) is 16.8. The molecular formula is C22H34O4. The average molecular weight is 363 g/mol. The first kappa shape index (κ1) is 19.6. The van der Waals surface area contributed by atoms with Gasteiger partial charge in [-0.2, -0.15) is 0 Å². The summed E-state index contributed by atoms with van der Waals surface area (Å²) in [6.07, 6.45) is 5.66. The van der Waals surface area contributed by atoms with Gasteiger partial charge in [-0.15, -0.1) is 0 Å². The van der Waals surface area contributed by atoms with Gasteiger partial charge in [0.15, 0.2) is 0 Å². The highest BCUT2D eigenvalue weighted by Gasteiger charge is 2.55. The van der Waals surface area contributed by atoms with Crippen molar-refractivity contribution in [1.29, 1.82) is 0 Å². The van der Waals surface area contributed by atoms with Gasteiger partial charge in [-0.3, -0.25) is 4.79 Å². The molecule has 0 aromatic carbocycles. The monoisotopic (exact) mass is 362 g/mol. The molecule has 3 aliphatic rings. The minimum atomic E-state index is -0.638. The fourth-order valence-electron chi connectivity index (χ4n) is 5.71. The molecule has 0 saturated heterocycles. The van der Waals surface area contributed by atoms with Crippen molar-refractivity contribution in [2.24, 2.45) is 22.7 Å². The molecule has 3 aliphatic carbocycles. The lowest BCUT2D eigenvalue weighted by Gasteiger charge is -2.51. The largest absolute Gasteiger partial charge is 0.458 e. The third kappa shape index (κ3) is 3.05. The lowest BCUT2D eigenvalue weighted by Crippen LogP contribution is -2.46. The Kier molecular flexibility index (Phi) is 5.13. The van der Waals surface area contributed by atoms with E-state index >= 15 is 0 Å². The molecule has 146 valence electrons. The number of allylic oxidation sites excluding steroid dienone is 2. The zero-order valence-electron chi connectivity index (χ0n) is 16.8. The van der Waals surface area contributed by atoms with Crippen LogP contribution in [-0.2, 0) is 9.53 Å². The second-order valence-electron chi connectivity index (χ2n) is 9.39. The van der Waals surface area contributed by atoms with Crippen LogP contribution in [0, 0.1) is 22.7 Å². The van der Waals surface area contributed by atoms with Crippen molar-refractivity contribution in [3.05, 3.63) is 22.8 Å². The molecule has 1 fully saturated rings. The molecule has 0 radical (unpaired) electrons. The number of carbonyl (C=O) groups excluding carboxylic acids is 1. The van der Waals surface area contributed by atoms with Gasteiger partial charge < -0.3 is 14.9 Å². The highest BCUT2D eigenvalue weighted by Crippen LogP contribution is 2.63. The van der Waals surface area contributed by atoms with Gasteiger partial charge in [-0.25, -0.2) is 0 Å². The summed E-state index contributed by atoms with van der Waals surface area (Å²) in [4.78, 5) is 11.7. The highest BCUT2D eigenvalue weighted by atomic mass is 16.5. The van der Waals surface area contributed by atoms with Crippen LogP contribution < -0.4 is 0 Å². The molecule has 0 aliphatic heterocycles. The summed E-state index contributed by atoms with van der Waals surface area (Å²) in [5, 5.41) is 20.9. The van der Waals surface area contributed by atoms with Gasteiger partial charge in [0.1, 0.15) is 6.10 Å². The summed E-state index contributed by atoms with van der Waals surface area (Å²) in [5.41, 5.74) is 3.58. The Morgan fingerprint density at radius 2 is 2.00 bits per heavy atom. The number of rotatable bonds is 3. The lowest BCUT2D eigenvalue weighted by atomic mass is 9.54. The van der Waals surface area contributed by atoms with Gasteiger partial charge in [0.25, 0.3) is 0 Å². The van der Waals surface area contributed by atoms with E-state index in [-0.39, 0.29) is 29.3 Å². The number of carbonyl (C=O) groups is 1. The molecule has 4 nitrogen and oxygen atoms in total. The lowest BCUT2D eigenvalue weighted by molar-refractivity contribution is -0.146. The molecule has 0 aromatic heterocycles. The zero-order chi connectivity index (χ0) is 19.3. The van der Waals surface area contributed by atoms with E-state index in [9.17, 15) is 15.0 Å². The molecule has 2 N–H and O–H groups in total. The molecule has 4 heteroatoms. The van der Waals surface area contributed by atoms with Crippen molar-refractivity contribution in [2.75, 3.05) is 6.61 Å². The molecular weight excluding hydrogens is 328 g/mol. The minimum Gasteiger partial charge on any atom is -0.458 e. The van der Waals surface area contributed by atoms with Crippen LogP contribution in [0.15, 0.2) is 22.8 Å². The van der Waals surface area contributed by atoms with Crippen LogP contribution in [0.25, 0.3) is 0 Å². The Hall–Kier alpha value is -1.13. The van der Waals surface area contributed by atoms with Gasteiger partial charge in [-0.05, 0) is 54.9 Å². The molecule has 0 spiro atoms. The van der Waals surface area contributed by atoms with E-state index in [0.29, 0.717) is 17.9 Å². The normalized spacial score (nSPS) is 40.0. The maximum Gasteiger partial charge on any atom is 0.303 e. The summed E-state index contributed by atoms with van der Waals surface area (Å²) >= 11 is 0. The minimum absolute atomic E-state index is 0.167. The van der Waals surface area contributed by atoms with Crippen molar-refractivity contribution in [3.63, 3.8) is 0 Å². The Labute approximate surface area is 157 Å². The van der Waals surface area contributed by atoms with E-state index in [1.807, 2.05) is 0 Å². The van der Waals surface area contributed by atoms with Crippen molar-refractivity contribution in [3.8, 4) is 0 Å². The third-order valence-electron chi connectivity index (χ3n) is 7.40. The molecule has 5 unspecified atom stereocenters. The summed E-state index contributed by atoms with van der Waals surface area (Å²) in [6.45, 7) is 10.3. The Morgan fingerprint density at radius 1 is 1.31 bits per heavy atom. The average Bonchev–Trinajstić information content (AvgIpc) is 2.87. The SMILES string of the molecule is CC(=O)OC1CC2C3=C(C(C)C)CCC3(C)CCC2(C)C(O)C=C1CO. The van der Waals surface area contributed by atoms with Gasteiger partial charge in [0, 0.05) is 12.3 Å². The molecule has 0 aromatic rings. The fourth-order valence-corrected chi connectivity index (χ4v) is 5.71. The number of aliphatic hydroxyl groups is 2. The summed E-state index contributed by atoms with van der Waals surface area (Å²) < 4.78 is 5.59. The standard InChI is InChI=1S/C22H34O4/c1-13(2)16-6-7-21(4)8-9-22(5)17(20(16)21)11-18(26-14(3)24)15(12-23)10-19(22)25/h10,13,17-19,23,25H,6-9,11-12H2,1-5H3. The fraction of sp³-hybridized carbons (Fsp3) is 0.773. The molecule has 1 saturated carbocycles. The summed E-state index contributed by atoms with van der Waals surface area (Å²) in [6, 6.07) is 0. The Morgan fingerprint density at radius 3 is 2.58 bits per heavy atom. The van der Waals surface area contributed by atoms with Gasteiger partial charge in [-0.1, -0.05) is 44.9 Å². The smallest absolute Gasteiger partial charge is 0.303 e. The van der Waals surface area contributed by atoms with Gasteiger partial charge in [0.2, 0.25) is 0 Å². The van der Waals surface area contributed by atoms with E-state index in [4.69, 9.17) is 4.74 Å². The maximum absolute atomic E-state index is 11.7. The molecule has 26 heavy (non-hydrogen) atoms. The molecule has 0 amide bonds. The van der Waals surface area contributed by atoms with E-state index < -0.39 is 12.2 Å².